The van der Waals surface area contributed by atoms with Crippen LogP contribution in [-0.2, 0) is 0 Å². The van der Waals surface area contributed by atoms with Crippen LogP contribution in [0.3, 0.4) is 0 Å². The Morgan fingerprint density at radius 2 is 1.28 bits per heavy atom. The number of phenolic OH excluding ortho intramolecular Hbond substituents is 1. The number of imide groups is 1. The van der Waals surface area contributed by atoms with Gasteiger partial charge in [0.05, 0.1) is 40.1 Å². The molecular weight excluding hydrogens is 597 g/mol. The van der Waals surface area contributed by atoms with Gasteiger partial charge in [0, 0.05) is 40.8 Å². The van der Waals surface area contributed by atoms with Crippen molar-refractivity contribution in [3.05, 3.63) is 126 Å². The van der Waals surface area contributed by atoms with E-state index in [1.165, 1.54) is 18.2 Å². The van der Waals surface area contributed by atoms with E-state index in [9.17, 15) is 15.3 Å². The third kappa shape index (κ3) is 4.79. The summed E-state index contributed by atoms with van der Waals surface area (Å²) < 4.78 is 14.3. The van der Waals surface area contributed by atoms with Crippen molar-refractivity contribution in [2.45, 2.75) is 18.4 Å². The van der Waals surface area contributed by atoms with E-state index < -0.39 is 40.9 Å². The van der Waals surface area contributed by atoms with Gasteiger partial charge in [0.2, 0.25) is 0 Å². The number of halogens is 1. The third-order valence-corrected chi connectivity index (χ3v) is 9.42. The van der Waals surface area contributed by atoms with Crippen molar-refractivity contribution >= 4 is 33.6 Å². The number of nitrogens with zero attached hydrogens (tertiary/aromatic N) is 3. The van der Waals surface area contributed by atoms with E-state index in [0.29, 0.717) is 33.9 Å². The standard InChI is InChI=1S/C38H30FN3O5/c39-31-19-25(45)15-16-28(31)35-21-30(27-12-5-7-14-33(27)41-35)37(47)42(18-8-17-38(42,22-43)23-44)36(46)29-20-34(24-9-2-1-3-10-24)40-32-13-6-4-11-26(29)32/h1-7,9-16,19-21,43-44H,8,17-18,22-23H2/p+1/t42-/m0/s1. The Morgan fingerprint density at radius 1 is 0.723 bits per heavy atom. The molecule has 9 heteroatoms. The molecule has 2 aromatic heterocycles. The highest BCUT2D eigenvalue weighted by Crippen LogP contribution is 2.43. The molecule has 0 radical (unpaired) electrons. The van der Waals surface area contributed by atoms with Crippen molar-refractivity contribution in [2.24, 2.45) is 0 Å². The van der Waals surface area contributed by atoms with Gasteiger partial charge in [0.25, 0.3) is 0 Å². The van der Waals surface area contributed by atoms with Crippen LogP contribution in [-0.4, -0.2) is 66.9 Å². The molecule has 1 aliphatic rings. The lowest BCUT2D eigenvalue weighted by molar-refractivity contribution is -0.812. The highest BCUT2D eigenvalue weighted by atomic mass is 19.1. The van der Waals surface area contributed by atoms with Gasteiger partial charge in [-0.05, 0) is 36.4 Å². The topological polar surface area (TPSA) is 121 Å². The van der Waals surface area contributed by atoms with Crippen LogP contribution in [0, 0.1) is 5.82 Å². The number of benzene rings is 4. The Balaban J connectivity index is 1.50. The molecule has 1 saturated heterocycles. The van der Waals surface area contributed by atoms with Gasteiger partial charge in [0.15, 0.2) is 5.54 Å². The number of amides is 2. The number of rotatable bonds is 6. The molecule has 8 nitrogen and oxygen atoms in total. The Hall–Kier alpha value is -5.35. The predicted molar refractivity (Wildman–Crippen MR) is 176 cm³/mol. The lowest BCUT2D eigenvalue weighted by Gasteiger charge is -2.42. The summed E-state index contributed by atoms with van der Waals surface area (Å²) in [7, 11) is 0. The van der Waals surface area contributed by atoms with Gasteiger partial charge in [0.1, 0.15) is 24.8 Å². The van der Waals surface area contributed by atoms with Crippen LogP contribution in [0.25, 0.3) is 44.3 Å². The first kappa shape index (κ1) is 30.3. The van der Waals surface area contributed by atoms with E-state index in [0.717, 1.165) is 11.6 Å². The second-order valence-electron chi connectivity index (χ2n) is 12.0. The summed E-state index contributed by atoms with van der Waals surface area (Å²) >= 11 is 0. The summed E-state index contributed by atoms with van der Waals surface area (Å²) in [4.78, 5) is 40.0. The minimum absolute atomic E-state index is 0.0235. The van der Waals surface area contributed by atoms with E-state index in [4.69, 9.17) is 4.98 Å². The molecule has 1 fully saturated rings. The average molecular weight is 629 g/mol. The highest BCUT2D eigenvalue weighted by Gasteiger charge is 2.64. The van der Waals surface area contributed by atoms with Crippen LogP contribution in [0.4, 0.5) is 4.39 Å². The highest BCUT2D eigenvalue weighted by molar-refractivity contribution is 6.13. The van der Waals surface area contributed by atoms with Crippen molar-refractivity contribution in [2.75, 3.05) is 19.8 Å². The zero-order valence-corrected chi connectivity index (χ0v) is 25.3. The second-order valence-corrected chi connectivity index (χ2v) is 12.0. The Morgan fingerprint density at radius 3 is 1.87 bits per heavy atom. The van der Waals surface area contributed by atoms with E-state index >= 15 is 14.0 Å². The first-order valence-corrected chi connectivity index (χ1v) is 15.4. The Bertz CT molecular complexity index is 2180. The van der Waals surface area contributed by atoms with E-state index in [2.05, 4.69) is 4.98 Å². The largest absolute Gasteiger partial charge is 0.508 e. The molecule has 1 atom stereocenters. The molecule has 7 rings (SSSR count). The second kappa shape index (κ2) is 11.8. The average Bonchev–Trinajstić information content (AvgIpc) is 3.51. The lowest BCUT2D eigenvalue weighted by Crippen LogP contribution is -2.70. The summed E-state index contributed by atoms with van der Waals surface area (Å²) in [6, 6.07) is 30.3. The van der Waals surface area contributed by atoms with Crippen LogP contribution in [0.15, 0.2) is 109 Å². The molecule has 1 aliphatic heterocycles. The molecule has 234 valence electrons. The van der Waals surface area contributed by atoms with Crippen molar-refractivity contribution < 1.29 is 33.8 Å². The molecule has 4 aromatic carbocycles. The van der Waals surface area contributed by atoms with Crippen LogP contribution < -0.4 is 0 Å². The van der Waals surface area contributed by atoms with Crippen molar-refractivity contribution in [1.29, 1.82) is 0 Å². The zero-order chi connectivity index (χ0) is 32.8. The maximum absolute atomic E-state index is 15.3. The van der Waals surface area contributed by atoms with Gasteiger partial charge in [-0.25, -0.2) is 23.9 Å². The van der Waals surface area contributed by atoms with Crippen molar-refractivity contribution in [3.8, 4) is 28.3 Å². The number of carbonyl (C=O) groups excluding carboxylic acids is 2. The SMILES string of the molecule is O=C(c1cc(-c2ccccc2)nc2ccccc12)[N@+]1(C(=O)c2cc(-c3ccc(O)cc3F)nc3ccccc23)CCCC1(CO)CO. The maximum Gasteiger partial charge on any atom is 0.354 e. The molecule has 0 spiro atoms. The van der Waals surface area contributed by atoms with Gasteiger partial charge >= 0.3 is 11.8 Å². The van der Waals surface area contributed by atoms with Crippen LogP contribution in [0.2, 0.25) is 0 Å². The molecule has 3 N–H and O–H groups in total. The fraction of sp³-hybridized carbons (Fsp3) is 0.158. The first-order valence-electron chi connectivity index (χ1n) is 15.4. The fourth-order valence-electron chi connectivity index (χ4n) is 6.97. The number of quaternary nitrogens is 1. The molecule has 6 aromatic rings. The van der Waals surface area contributed by atoms with Crippen LogP contribution in [0.5, 0.6) is 5.75 Å². The lowest BCUT2D eigenvalue weighted by atomic mass is 9.91. The van der Waals surface area contributed by atoms with Crippen LogP contribution in [0.1, 0.15) is 33.6 Å². The number of likely N-dealkylation sites (tertiary alicyclic amines) is 1. The summed E-state index contributed by atoms with van der Waals surface area (Å²) in [5.41, 5.74) is 1.25. The number of aliphatic hydroxyl groups excluding tert-OH is 2. The number of para-hydroxylation sites is 2. The number of aromatic nitrogens is 2. The molecule has 2 amide bonds. The Labute approximate surface area is 269 Å². The van der Waals surface area contributed by atoms with Gasteiger partial charge in [-0.1, -0.05) is 66.7 Å². The quantitative estimate of drug-likeness (QED) is 0.147. The molecular formula is C38H31FN3O5+. The number of aromatic hydroxyl groups is 1. The number of aliphatic hydroxyl groups is 2. The fourth-order valence-corrected chi connectivity index (χ4v) is 6.97. The van der Waals surface area contributed by atoms with Crippen molar-refractivity contribution in [1.82, 2.24) is 9.97 Å². The number of pyridine rings is 2. The van der Waals surface area contributed by atoms with Gasteiger partial charge in [-0.15, -0.1) is 0 Å². The number of phenols is 1. The number of hydrogen-bond acceptors (Lipinski definition) is 7. The zero-order valence-electron chi connectivity index (χ0n) is 25.3. The Kier molecular flexibility index (Phi) is 7.60. The minimum Gasteiger partial charge on any atom is -0.508 e. The summed E-state index contributed by atoms with van der Waals surface area (Å²) in [6.45, 7) is -1.23. The summed E-state index contributed by atoms with van der Waals surface area (Å²) in [5, 5.41) is 32.6. The van der Waals surface area contributed by atoms with Crippen molar-refractivity contribution in [3.63, 3.8) is 0 Å². The van der Waals surface area contributed by atoms with Crippen LogP contribution >= 0.6 is 0 Å². The van der Waals surface area contributed by atoms with E-state index in [1.54, 1.807) is 48.5 Å². The predicted octanol–water partition coefficient (Wildman–Crippen LogP) is 6.28. The third-order valence-electron chi connectivity index (χ3n) is 9.42. The minimum atomic E-state index is -1.54. The van der Waals surface area contributed by atoms with E-state index in [-0.39, 0.29) is 41.1 Å². The molecule has 47 heavy (non-hydrogen) atoms. The van der Waals surface area contributed by atoms with Gasteiger partial charge < -0.3 is 15.3 Å². The molecule has 0 bridgehead atoms. The molecule has 0 aliphatic carbocycles. The summed E-state index contributed by atoms with van der Waals surface area (Å²) in [5.74, 6) is -2.21. The molecule has 0 unspecified atom stereocenters. The molecule has 0 saturated carbocycles. The number of fused-ring (bicyclic) bond motifs is 2. The number of hydrogen-bond donors (Lipinski definition) is 3. The van der Waals surface area contributed by atoms with E-state index in [1.807, 2.05) is 36.4 Å². The summed E-state index contributed by atoms with van der Waals surface area (Å²) in [6.07, 6.45) is 0.601. The first-order chi connectivity index (χ1) is 22.8. The smallest absolute Gasteiger partial charge is 0.354 e. The normalized spacial score (nSPS) is 17.3. The number of carbonyl (C=O) groups is 2. The molecule has 3 heterocycles. The van der Waals surface area contributed by atoms with Gasteiger partial charge in [-0.2, -0.15) is 4.48 Å². The maximum atomic E-state index is 15.3. The van der Waals surface area contributed by atoms with Gasteiger partial charge in [-0.3, -0.25) is 0 Å². The monoisotopic (exact) mass is 628 g/mol.